The fraction of sp³-hybridized carbons (Fsp3) is 0.857. The van der Waals surface area contributed by atoms with E-state index in [0.29, 0.717) is 6.54 Å². The van der Waals surface area contributed by atoms with Gasteiger partial charge in [0.2, 0.25) is 0 Å². The molecule has 0 aromatic heterocycles. The Kier molecular flexibility index (Phi) is 7.88. The summed E-state index contributed by atoms with van der Waals surface area (Å²) < 4.78 is 5.17. The number of aliphatic carboxylic acids is 1. The molecule has 1 aliphatic rings. The van der Waals surface area contributed by atoms with Crippen LogP contribution in [-0.2, 0) is 9.53 Å². The van der Waals surface area contributed by atoms with Crippen LogP contribution in [0, 0.1) is 0 Å². The highest BCUT2D eigenvalue weighted by Crippen LogP contribution is 2.37. The minimum Gasteiger partial charge on any atom is -0.481 e. The summed E-state index contributed by atoms with van der Waals surface area (Å²) in [5.74, 6) is -0.937. The zero-order chi connectivity index (χ0) is 15.7. The molecule has 0 bridgehead atoms. The van der Waals surface area contributed by atoms with Gasteiger partial charge in [0.05, 0.1) is 12.5 Å². The minimum atomic E-state index is -0.937. The summed E-state index contributed by atoms with van der Waals surface area (Å²) >= 11 is 1.83. The molecule has 1 saturated carbocycles. The Hall–Kier alpha value is -0.950. The Morgan fingerprint density at radius 2 is 1.95 bits per heavy atom. The standard InChI is InChI=1S/C14H26N2O4S/c1-20-11(8-12(17)18)9-15-13(19)16-10-14(21-2)6-4-3-5-7-14/h11H,3-10H2,1-2H3,(H,17,18)(H2,15,16,19). The average molecular weight is 318 g/mol. The van der Waals surface area contributed by atoms with Gasteiger partial charge in [0.25, 0.3) is 0 Å². The van der Waals surface area contributed by atoms with Crippen LogP contribution >= 0.6 is 11.8 Å². The molecule has 2 amide bonds. The van der Waals surface area contributed by atoms with Gasteiger partial charge < -0.3 is 20.5 Å². The van der Waals surface area contributed by atoms with Crippen molar-refractivity contribution in [2.24, 2.45) is 0 Å². The number of thioether (sulfide) groups is 1. The van der Waals surface area contributed by atoms with Crippen molar-refractivity contribution in [1.29, 1.82) is 0 Å². The first-order valence-corrected chi connectivity index (χ1v) is 8.55. The van der Waals surface area contributed by atoms with Crippen LogP contribution in [0.3, 0.4) is 0 Å². The van der Waals surface area contributed by atoms with Crippen LogP contribution < -0.4 is 10.6 Å². The molecule has 0 aromatic rings. The molecular formula is C14H26N2O4S. The third-order valence-electron chi connectivity index (χ3n) is 3.99. The summed E-state index contributed by atoms with van der Waals surface area (Å²) in [4.78, 5) is 22.4. The maximum Gasteiger partial charge on any atom is 0.314 e. The average Bonchev–Trinajstić information content (AvgIpc) is 2.50. The number of rotatable bonds is 8. The third kappa shape index (κ3) is 6.56. The fourth-order valence-corrected chi connectivity index (χ4v) is 3.51. The molecule has 0 heterocycles. The number of amides is 2. The van der Waals surface area contributed by atoms with Crippen LogP contribution in [0.15, 0.2) is 0 Å². The Morgan fingerprint density at radius 1 is 1.29 bits per heavy atom. The van der Waals surface area contributed by atoms with E-state index in [9.17, 15) is 9.59 Å². The van der Waals surface area contributed by atoms with Crippen LogP contribution in [0.1, 0.15) is 38.5 Å². The highest BCUT2D eigenvalue weighted by atomic mass is 32.2. The highest BCUT2D eigenvalue weighted by Gasteiger charge is 2.31. The predicted octanol–water partition coefficient (Wildman–Crippen LogP) is 1.84. The second-order valence-electron chi connectivity index (χ2n) is 5.47. The van der Waals surface area contributed by atoms with E-state index < -0.39 is 12.1 Å². The fourth-order valence-electron chi connectivity index (χ4n) is 2.59. The zero-order valence-corrected chi connectivity index (χ0v) is 13.6. The van der Waals surface area contributed by atoms with Gasteiger partial charge >= 0.3 is 12.0 Å². The van der Waals surface area contributed by atoms with E-state index in [1.807, 2.05) is 11.8 Å². The van der Waals surface area contributed by atoms with Crippen LogP contribution in [0.5, 0.6) is 0 Å². The molecular weight excluding hydrogens is 292 g/mol. The van der Waals surface area contributed by atoms with Crippen molar-refractivity contribution in [3.63, 3.8) is 0 Å². The van der Waals surface area contributed by atoms with Crippen molar-refractivity contribution in [2.75, 3.05) is 26.5 Å². The Bertz CT molecular complexity index is 346. The van der Waals surface area contributed by atoms with Gasteiger partial charge in [-0.3, -0.25) is 4.79 Å². The number of carbonyl (C=O) groups is 2. The first-order valence-electron chi connectivity index (χ1n) is 7.33. The lowest BCUT2D eigenvalue weighted by molar-refractivity contribution is -0.139. The van der Waals surface area contributed by atoms with Crippen LogP contribution in [0.25, 0.3) is 0 Å². The molecule has 3 N–H and O–H groups in total. The lowest BCUT2D eigenvalue weighted by Crippen LogP contribution is -2.47. The van der Waals surface area contributed by atoms with Crippen LogP contribution in [0.2, 0.25) is 0 Å². The van der Waals surface area contributed by atoms with Crippen molar-refractivity contribution in [3.05, 3.63) is 0 Å². The van der Waals surface area contributed by atoms with Crippen molar-refractivity contribution in [2.45, 2.75) is 49.4 Å². The first-order chi connectivity index (χ1) is 10.0. The Labute approximate surface area is 130 Å². The lowest BCUT2D eigenvalue weighted by Gasteiger charge is -2.35. The van der Waals surface area contributed by atoms with E-state index in [4.69, 9.17) is 9.84 Å². The molecule has 1 fully saturated rings. The maximum absolute atomic E-state index is 11.8. The maximum atomic E-state index is 11.8. The van der Waals surface area contributed by atoms with E-state index in [1.165, 1.54) is 26.4 Å². The molecule has 1 aliphatic carbocycles. The molecule has 21 heavy (non-hydrogen) atoms. The lowest BCUT2D eigenvalue weighted by atomic mass is 9.88. The number of carboxylic acid groups (broad SMARTS) is 1. The largest absolute Gasteiger partial charge is 0.481 e. The summed E-state index contributed by atoms with van der Waals surface area (Å²) in [6, 6.07) is -0.263. The molecule has 122 valence electrons. The van der Waals surface area contributed by atoms with E-state index >= 15 is 0 Å². The topological polar surface area (TPSA) is 87.7 Å². The summed E-state index contributed by atoms with van der Waals surface area (Å²) in [6.07, 6.45) is 7.45. The zero-order valence-electron chi connectivity index (χ0n) is 12.8. The van der Waals surface area contributed by atoms with Crippen molar-refractivity contribution in [3.8, 4) is 0 Å². The van der Waals surface area contributed by atoms with Gasteiger partial charge in [0, 0.05) is 24.9 Å². The molecule has 1 unspecified atom stereocenters. The SMILES string of the molecule is COC(CNC(=O)NCC1(SC)CCCCC1)CC(=O)O. The molecule has 7 heteroatoms. The van der Waals surface area contributed by atoms with Gasteiger partial charge in [-0.05, 0) is 19.1 Å². The molecule has 6 nitrogen and oxygen atoms in total. The number of hydrogen-bond donors (Lipinski definition) is 3. The van der Waals surface area contributed by atoms with E-state index in [1.54, 1.807) is 0 Å². The van der Waals surface area contributed by atoms with Crippen molar-refractivity contribution < 1.29 is 19.4 Å². The number of nitrogens with one attached hydrogen (secondary N) is 2. The smallest absolute Gasteiger partial charge is 0.314 e. The number of methoxy groups -OCH3 is 1. The Balaban J connectivity index is 2.31. The van der Waals surface area contributed by atoms with Crippen LogP contribution in [-0.4, -0.2) is 54.4 Å². The molecule has 0 aliphatic heterocycles. The quantitative estimate of drug-likeness (QED) is 0.635. The number of urea groups is 1. The number of carboxylic acids is 1. The number of ether oxygens (including phenoxy) is 1. The third-order valence-corrected chi connectivity index (χ3v) is 5.41. The second kappa shape index (κ2) is 9.15. The number of carbonyl (C=O) groups excluding carboxylic acids is 1. The summed E-state index contributed by atoms with van der Waals surface area (Å²) in [7, 11) is 1.44. The monoisotopic (exact) mass is 318 g/mol. The highest BCUT2D eigenvalue weighted by molar-refractivity contribution is 8.00. The van der Waals surface area contributed by atoms with E-state index in [2.05, 4.69) is 16.9 Å². The molecule has 1 atom stereocenters. The molecule has 0 saturated heterocycles. The van der Waals surface area contributed by atoms with Gasteiger partial charge in [-0.2, -0.15) is 11.8 Å². The van der Waals surface area contributed by atoms with Crippen molar-refractivity contribution >= 4 is 23.8 Å². The van der Waals surface area contributed by atoms with E-state index in [-0.39, 0.29) is 23.7 Å². The van der Waals surface area contributed by atoms with E-state index in [0.717, 1.165) is 12.8 Å². The van der Waals surface area contributed by atoms with Gasteiger partial charge in [0.1, 0.15) is 0 Å². The first kappa shape index (κ1) is 18.1. The Morgan fingerprint density at radius 3 is 2.48 bits per heavy atom. The molecule has 0 spiro atoms. The summed E-state index contributed by atoms with van der Waals surface area (Å²) in [5.41, 5.74) is 0. The van der Waals surface area contributed by atoms with Crippen LogP contribution in [0.4, 0.5) is 4.79 Å². The summed E-state index contributed by atoms with van der Waals surface area (Å²) in [6.45, 7) is 0.845. The normalized spacial score (nSPS) is 18.8. The van der Waals surface area contributed by atoms with Gasteiger partial charge in [0.15, 0.2) is 0 Å². The second-order valence-corrected chi connectivity index (χ2v) is 6.74. The van der Waals surface area contributed by atoms with Gasteiger partial charge in [-0.15, -0.1) is 0 Å². The molecule has 0 aromatic carbocycles. The minimum absolute atomic E-state index is 0.120. The summed E-state index contributed by atoms with van der Waals surface area (Å²) in [5, 5.41) is 14.3. The van der Waals surface area contributed by atoms with Gasteiger partial charge in [-0.1, -0.05) is 19.3 Å². The molecule has 0 radical (unpaired) electrons. The molecule has 1 rings (SSSR count). The predicted molar refractivity (Wildman–Crippen MR) is 83.8 cm³/mol. The van der Waals surface area contributed by atoms with Gasteiger partial charge in [-0.25, -0.2) is 4.79 Å². The van der Waals surface area contributed by atoms with Crippen molar-refractivity contribution in [1.82, 2.24) is 10.6 Å². The number of hydrogen-bond acceptors (Lipinski definition) is 4.